The van der Waals surface area contributed by atoms with Crippen LogP contribution in [0, 0.1) is 0 Å². The number of amides is 3. The van der Waals surface area contributed by atoms with Gasteiger partial charge in [-0.05, 0) is 35.9 Å². The maximum absolute atomic E-state index is 12.5. The maximum atomic E-state index is 12.5. The Kier molecular flexibility index (Phi) is 5.63. The lowest BCUT2D eigenvalue weighted by Crippen LogP contribution is -2.30. The Labute approximate surface area is 164 Å². The average Bonchev–Trinajstić information content (AvgIpc) is 3.27. The van der Waals surface area contributed by atoms with Crippen molar-refractivity contribution in [2.75, 3.05) is 13.7 Å². The minimum Gasteiger partial charge on any atom is -0.482 e. The number of carboxylic acid groups (broad SMARTS) is 1. The van der Waals surface area contributed by atoms with Crippen LogP contribution in [0.25, 0.3) is 6.08 Å². The fraction of sp³-hybridized carbons (Fsp3) is 0.158. The molecule has 0 saturated carbocycles. The second kappa shape index (κ2) is 8.30. The zero-order chi connectivity index (χ0) is 21.0. The van der Waals surface area contributed by atoms with E-state index >= 15 is 0 Å². The second-order valence-electron chi connectivity index (χ2n) is 5.89. The number of nitrogens with zero attached hydrogens (tertiary/aromatic N) is 1. The highest BCUT2D eigenvalue weighted by atomic mass is 16.5. The van der Waals surface area contributed by atoms with Crippen LogP contribution in [0.2, 0.25) is 0 Å². The highest BCUT2D eigenvalue weighted by Gasteiger charge is 2.34. The first kappa shape index (κ1) is 19.7. The molecule has 10 heteroatoms. The van der Waals surface area contributed by atoms with Crippen molar-refractivity contribution in [2.45, 2.75) is 6.54 Å². The molecule has 10 nitrogen and oxygen atoms in total. The van der Waals surface area contributed by atoms with Gasteiger partial charge in [0, 0.05) is 0 Å². The van der Waals surface area contributed by atoms with Crippen LogP contribution >= 0.6 is 0 Å². The van der Waals surface area contributed by atoms with Gasteiger partial charge in [0.15, 0.2) is 6.61 Å². The summed E-state index contributed by atoms with van der Waals surface area (Å²) in [5, 5.41) is 11.1. The van der Waals surface area contributed by atoms with Crippen LogP contribution in [-0.4, -0.2) is 47.6 Å². The van der Waals surface area contributed by atoms with Gasteiger partial charge < -0.3 is 24.3 Å². The van der Waals surface area contributed by atoms with Crippen LogP contribution in [-0.2, 0) is 20.9 Å². The number of benzene rings is 1. The van der Waals surface area contributed by atoms with Gasteiger partial charge in [0.2, 0.25) is 5.76 Å². The van der Waals surface area contributed by atoms with Crippen molar-refractivity contribution in [1.82, 2.24) is 10.2 Å². The average molecular weight is 400 g/mol. The quantitative estimate of drug-likeness (QED) is 0.407. The first-order valence-corrected chi connectivity index (χ1v) is 8.33. The van der Waals surface area contributed by atoms with Crippen LogP contribution < -0.4 is 10.1 Å². The lowest BCUT2D eigenvalue weighted by atomic mass is 10.2. The summed E-state index contributed by atoms with van der Waals surface area (Å²) in [4.78, 5) is 47.5. The first-order chi connectivity index (χ1) is 13.9. The summed E-state index contributed by atoms with van der Waals surface area (Å²) in [6, 6.07) is 8.56. The molecule has 1 aromatic heterocycles. The number of esters is 1. The smallest absolute Gasteiger partial charge is 0.373 e. The fourth-order valence-corrected chi connectivity index (χ4v) is 2.52. The third-order valence-corrected chi connectivity index (χ3v) is 3.88. The number of carboxylic acids is 1. The number of carbonyl (C=O) groups is 4. The summed E-state index contributed by atoms with van der Waals surface area (Å²) < 4.78 is 14.9. The zero-order valence-electron chi connectivity index (χ0n) is 15.2. The van der Waals surface area contributed by atoms with Gasteiger partial charge in [-0.25, -0.2) is 14.4 Å². The molecule has 0 radical (unpaired) electrons. The number of ether oxygens (including phenoxy) is 2. The first-order valence-electron chi connectivity index (χ1n) is 8.33. The van der Waals surface area contributed by atoms with Crippen molar-refractivity contribution in [1.29, 1.82) is 0 Å². The second-order valence-corrected chi connectivity index (χ2v) is 5.89. The van der Waals surface area contributed by atoms with Gasteiger partial charge in [-0.1, -0.05) is 12.1 Å². The number of imide groups is 1. The standard InChI is InChI=1S/C19H16N2O8/c1-27-18(25)15-7-6-13(29-15)9-21-17(24)14(20-19(21)26)8-11-2-4-12(5-3-11)28-10-16(22)23/h2-8H,9-10H2,1H3,(H,20,26)(H,22,23). The molecule has 2 heterocycles. The van der Waals surface area contributed by atoms with Gasteiger partial charge in [-0.15, -0.1) is 0 Å². The fourth-order valence-electron chi connectivity index (χ4n) is 2.52. The molecular formula is C19H16N2O8. The molecule has 29 heavy (non-hydrogen) atoms. The van der Waals surface area contributed by atoms with E-state index in [1.807, 2.05) is 0 Å². The molecule has 150 valence electrons. The third-order valence-electron chi connectivity index (χ3n) is 3.88. The molecule has 3 rings (SSSR count). The molecule has 2 aromatic rings. The molecule has 0 spiro atoms. The molecule has 0 aliphatic carbocycles. The van der Waals surface area contributed by atoms with Crippen molar-refractivity contribution in [3.8, 4) is 5.75 Å². The monoisotopic (exact) mass is 400 g/mol. The summed E-state index contributed by atoms with van der Waals surface area (Å²) in [5.41, 5.74) is 0.665. The van der Waals surface area contributed by atoms with Crippen LogP contribution in [0.5, 0.6) is 5.75 Å². The Morgan fingerprint density at radius 1 is 1.17 bits per heavy atom. The van der Waals surface area contributed by atoms with Crippen molar-refractivity contribution in [3.63, 3.8) is 0 Å². The van der Waals surface area contributed by atoms with E-state index in [9.17, 15) is 19.2 Å². The van der Waals surface area contributed by atoms with E-state index in [0.717, 1.165) is 4.90 Å². The van der Waals surface area contributed by atoms with E-state index in [-0.39, 0.29) is 23.8 Å². The SMILES string of the molecule is COC(=O)c1ccc(CN2C(=O)NC(=Cc3ccc(OCC(=O)O)cc3)C2=O)o1. The van der Waals surface area contributed by atoms with E-state index in [1.165, 1.54) is 25.3 Å². The Hall–Kier alpha value is -4.08. The highest BCUT2D eigenvalue weighted by molar-refractivity contribution is 6.13. The summed E-state index contributed by atoms with van der Waals surface area (Å²) in [7, 11) is 1.21. The number of carbonyl (C=O) groups excluding carboxylic acids is 3. The minimum absolute atomic E-state index is 0.0319. The van der Waals surface area contributed by atoms with Crippen molar-refractivity contribution >= 4 is 30.0 Å². The molecule has 3 amide bonds. The van der Waals surface area contributed by atoms with Crippen molar-refractivity contribution in [3.05, 3.63) is 59.2 Å². The Morgan fingerprint density at radius 2 is 1.90 bits per heavy atom. The molecule has 1 aromatic carbocycles. The third kappa shape index (κ3) is 4.61. The normalized spacial score (nSPS) is 14.8. The molecule has 0 unspecified atom stereocenters. The Morgan fingerprint density at radius 3 is 2.55 bits per heavy atom. The predicted molar refractivity (Wildman–Crippen MR) is 96.7 cm³/mol. The van der Waals surface area contributed by atoms with E-state index in [4.69, 9.17) is 14.3 Å². The van der Waals surface area contributed by atoms with Gasteiger partial charge >= 0.3 is 18.0 Å². The van der Waals surface area contributed by atoms with Crippen LogP contribution in [0.4, 0.5) is 4.79 Å². The van der Waals surface area contributed by atoms with Crippen molar-refractivity contribution < 1.29 is 38.2 Å². The number of nitrogens with one attached hydrogen (secondary N) is 1. The molecule has 1 fully saturated rings. The van der Waals surface area contributed by atoms with Gasteiger partial charge in [-0.2, -0.15) is 0 Å². The topological polar surface area (TPSA) is 135 Å². The largest absolute Gasteiger partial charge is 0.482 e. The number of rotatable bonds is 7. The van der Waals surface area contributed by atoms with Gasteiger partial charge in [0.1, 0.15) is 17.2 Å². The van der Waals surface area contributed by atoms with E-state index in [0.29, 0.717) is 11.3 Å². The lowest BCUT2D eigenvalue weighted by molar-refractivity contribution is -0.139. The molecule has 1 saturated heterocycles. The van der Waals surface area contributed by atoms with Gasteiger partial charge in [0.05, 0.1) is 13.7 Å². The van der Waals surface area contributed by atoms with E-state index in [2.05, 4.69) is 10.1 Å². The van der Waals surface area contributed by atoms with Gasteiger partial charge in [-0.3, -0.25) is 9.69 Å². The number of aliphatic carboxylic acids is 1. The van der Waals surface area contributed by atoms with Crippen LogP contribution in [0.3, 0.4) is 0 Å². The molecular weight excluding hydrogens is 384 g/mol. The van der Waals surface area contributed by atoms with Gasteiger partial charge in [0.25, 0.3) is 5.91 Å². The maximum Gasteiger partial charge on any atom is 0.373 e. The minimum atomic E-state index is -1.09. The number of furan rings is 1. The lowest BCUT2D eigenvalue weighted by Gasteiger charge is -2.09. The summed E-state index contributed by atoms with van der Waals surface area (Å²) in [6.45, 7) is -0.616. The summed E-state index contributed by atoms with van der Waals surface area (Å²) in [5.74, 6) is -1.74. The Bertz CT molecular complexity index is 990. The molecule has 1 aliphatic rings. The van der Waals surface area contributed by atoms with Crippen LogP contribution in [0.1, 0.15) is 21.9 Å². The zero-order valence-corrected chi connectivity index (χ0v) is 15.2. The summed E-state index contributed by atoms with van der Waals surface area (Å²) in [6.07, 6.45) is 1.48. The number of hydrogen-bond acceptors (Lipinski definition) is 7. The Balaban J connectivity index is 1.68. The van der Waals surface area contributed by atoms with Crippen LogP contribution in [0.15, 0.2) is 46.5 Å². The number of urea groups is 1. The van der Waals surface area contributed by atoms with Crippen molar-refractivity contribution in [2.24, 2.45) is 0 Å². The molecule has 2 N–H and O–H groups in total. The molecule has 0 bridgehead atoms. The molecule has 1 aliphatic heterocycles. The van der Waals surface area contributed by atoms with E-state index < -0.39 is 30.5 Å². The number of methoxy groups -OCH3 is 1. The predicted octanol–water partition coefficient (Wildman–Crippen LogP) is 1.62. The molecule has 0 atom stereocenters. The summed E-state index contributed by atoms with van der Waals surface area (Å²) >= 11 is 0. The van der Waals surface area contributed by atoms with E-state index in [1.54, 1.807) is 24.3 Å². The highest BCUT2D eigenvalue weighted by Crippen LogP contribution is 2.20. The number of hydrogen-bond donors (Lipinski definition) is 2.